The third-order valence-electron chi connectivity index (χ3n) is 2.67. The van der Waals surface area contributed by atoms with E-state index in [1.54, 1.807) is 12.4 Å². The minimum atomic E-state index is -0.0999. The van der Waals surface area contributed by atoms with Gasteiger partial charge in [0, 0.05) is 12.4 Å². The van der Waals surface area contributed by atoms with Crippen LogP contribution in [0.5, 0.6) is 5.75 Å². The zero-order valence-corrected chi connectivity index (χ0v) is 9.26. The van der Waals surface area contributed by atoms with Gasteiger partial charge in [0.1, 0.15) is 11.9 Å². The van der Waals surface area contributed by atoms with Crippen molar-refractivity contribution in [3.05, 3.63) is 24.5 Å². The van der Waals surface area contributed by atoms with E-state index in [1.165, 1.54) is 0 Å². The summed E-state index contributed by atoms with van der Waals surface area (Å²) in [5.74, 6) is 0.728. The number of ether oxygens (including phenoxy) is 2. The van der Waals surface area contributed by atoms with Gasteiger partial charge in [-0.25, -0.2) is 0 Å². The maximum Gasteiger partial charge on any atom is 0.309 e. The van der Waals surface area contributed by atoms with Crippen LogP contribution in [-0.2, 0) is 9.53 Å². The summed E-state index contributed by atoms with van der Waals surface area (Å²) in [5.41, 5.74) is 0. The number of aromatic nitrogens is 1. The first-order valence-electron chi connectivity index (χ1n) is 5.53. The van der Waals surface area contributed by atoms with Crippen molar-refractivity contribution in [1.29, 1.82) is 0 Å². The predicted molar refractivity (Wildman–Crippen MR) is 58.0 cm³/mol. The summed E-state index contributed by atoms with van der Waals surface area (Å²) in [6.07, 6.45) is 5.02. The average molecular weight is 221 g/mol. The molecule has 1 aliphatic rings. The number of esters is 1. The van der Waals surface area contributed by atoms with Gasteiger partial charge in [-0.3, -0.25) is 9.78 Å². The van der Waals surface area contributed by atoms with Gasteiger partial charge in [0.2, 0.25) is 0 Å². The van der Waals surface area contributed by atoms with E-state index in [2.05, 4.69) is 4.98 Å². The highest BCUT2D eigenvalue weighted by molar-refractivity contribution is 5.73. The molecule has 0 amide bonds. The quantitative estimate of drug-likeness (QED) is 0.727. The Kier molecular flexibility index (Phi) is 3.39. The lowest BCUT2D eigenvalue weighted by molar-refractivity contribution is -0.154. The second kappa shape index (κ2) is 4.96. The number of hydrogen-bond acceptors (Lipinski definition) is 4. The van der Waals surface area contributed by atoms with Crippen LogP contribution in [-0.4, -0.2) is 23.7 Å². The second-order valence-corrected chi connectivity index (χ2v) is 3.84. The molecule has 1 aromatic rings. The first-order valence-corrected chi connectivity index (χ1v) is 5.53. The van der Waals surface area contributed by atoms with E-state index in [9.17, 15) is 4.79 Å². The Hall–Kier alpha value is -1.58. The standard InChI is InChI=1S/C12H15NO3/c1-2-15-12(14)9-7-11(8-9)16-10-3-5-13-6-4-10/h3-6,9,11H,2,7-8H2,1H3. The molecular weight excluding hydrogens is 206 g/mol. The summed E-state index contributed by atoms with van der Waals surface area (Å²) in [5, 5.41) is 0. The van der Waals surface area contributed by atoms with Crippen molar-refractivity contribution in [1.82, 2.24) is 4.98 Å². The van der Waals surface area contributed by atoms with Gasteiger partial charge in [-0.05, 0) is 31.9 Å². The minimum absolute atomic E-state index is 0.0202. The highest BCUT2D eigenvalue weighted by atomic mass is 16.5. The first-order chi connectivity index (χ1) is 7.79. The van der Waals surface area contributed by atoms with Crippen LogP contribution in [0.1, 0.15) is 19.8 Å². The van der Waals surface area contributed by atoms with Crippen molar-refractivity contribution in [3.8, 4) is 5.75 Å². The molecule has 4 heteroatoms. The largest absolute Gasteiger partial charge is 0.490 e. The number of hydrogen-bond donors (Lipinski definition) is 0. The number of pyridine rings is 1. The summed E-state index contributed by atoms with van der Waals surface area (Å²) in [6, 6.07) is 3.63. The van der Waals surface area contributed by atoms with Gasteiger partial charge in [0.15, 0.2) is 0 Å². The third kappa shape index (κ3) is 2.51. The molecule has 0 bridgehead atoms. The van der Waals surface area contributed by atoms with Gasteiger partial charge in [0.25, 0.3) is 0 Å². The minimum Gasteiger partial charge on any atom is -0.490 e. The molecule has 0 radical (unpaired) electrons. The molecule has 86 valence electrons. The van der Waals surface area contributed by atoms with Crippen molar-refractivity contribution in [2.75, 3.05) is 6.61 Å². The van der Waals surface area contributed by atoms with E-state index in [0.717, 1.165) is 18.6 Å². The van der Waals surface area contributed by atoms with Crippen molar-refractivity contribution in [2.24, 2.45) is 5.92 Å². The van der Waals surface area contributed by atoms with Crippen LogP contribution in [0.15, 0.2) is 24.5 Å². The van der Waals surface area contributed by atoms with E-state index in [0.29, 0.717) is 6.61 Å². The monoisotopic (exact) mass is 221 g/mol. The molecule has 2 rings (SSSR count). The summed E-state index contributed by atoms with van der Waals surface area (Å²) >= 11 is 0. The molecule has 1 aromatic heterocycles. The third-order valence-corrected chi connectivity index (χ3v) is 2.67. The Balaban J connectivity index is 1.75. The van der Waals surface area contributed by atoms with E-state index >= 15 is 0 Å². The second-order valence-electron chi connectivity index (χ2n) is 3.84. The number of rotatable bonds is 4. The van der Waals surface area contributed by atoms with Crippen molar-refractivity contribution in [2.45, 2.75) is 25.9 Å². The van der Waals surface area contributed by atoms with Gasteiger partial charge < -0.3 is 9.47 Å². The van der Waals surface area contributed by atoms with Gasteiger partial charge in [-0.15, -0.1) is 0 Å². The molecule has 0 spiro atoms. The molecule has 0 unspecified atom stereocenters. The summed E-state index contributed by atoms with van der Waals surface area (Å²) in [6.45, 7) is 2.27. The van der Waals surface area contributed by atoms with Crippen LogP contribution in [0.2, 0.25) is 0 Å². The van der Waals surface area contributed by atoms with Gasteiger partial charge >= 0.3 is 5.97 Å². The average Bonchev–Trinajstić information content (AvgIpc) is 2.24. The fourth-order valence-corrected chi connectivity index (χ4v) is 1.72. The number of nitrogens with zero attached hydrogens (tertiary/aromatic N) is 1. The molecule has 1 aliphatic carbocycles. The Morgan fingerprint density at radius 3 is 2.75 bits per heavy atom. The van der Waals surface area contributed by atoms with E-state index in [1.807, 2.05) is 19.1 Å². The number of carbonyl (C=O) groups excluding carboxylic acids is 1. The van der Waals surface area contributed by atoms with Crippen LogP contribution in [0.25, 0.3) is 0 Å². The highest BCUT2D eigenvalue weighted by Crippen LogP contribution is 2.32. The topological polar surface area (TPSA) is 48.4 Å². The molecule has 1 heterocycles. The van der Waals surface area contributed by atoms with Crippen LogP contribution >= 0.6 is 0 Å². The normalized spacial score (nSPS) is 23.3. The lowest BCUT2D eigenvalue weighted by Gasteiger charge is -2.33. The van der Waals surface area contributed by atoms with E-state index < -0.39 is 0 Å². The SMILES string of the molecule is CCOC(=O)C1CC(Oc2ccncc2)C1. The molecule has 1 saturated carbocycles. The molecule has 1 fully saturated rings. The van der Waals surface area contributed by atoms with Gasteiger partial charge in [-0.1, -0.05) is 0 Å². The molecule has 0 aliphatic heterocycles. The number of carbonyl (C=O) groups is 1. The molecule has 0 N–H and O–H groups in total. The molecule has 0 saturated heterocycles. The fraction of sp³-hybridized carbons (Fsp3) is 0.500. The smallest absolute Gasteiger partial charge is 0.309 e. The lowest BCUT2D eigenvalue weighted by Crippen LogP contribution is -2.39. The molecule has 0 atom stereocenters. The zero-order valence-electron chi connectivity index (χ0n) is 9.26. The Bertz CT molecular complexity index is 347. The fourth-order valence-electron chi connectivity index (χ4n) is 1.72. The highest BCUT2D eigenvalue weighted by Gasteiger charge is 2.37. The predicted octanol–water partition coefficient (Wildman–Crippen LogP) is 1.80. The molecule has 4 nitrogen and oxygen atoms in total. The molecular formula is C12H15NO3. The Morgan fingerprint density at radius 2 is 2.12 bits per heavy atom. The molecule has 0 aromatic carbocycles. The maximum atomic E-state index is 11.3. The summed E-state index contributed by atoms with van der Waals surface area (Å²) < 4.78 is 10.6. The Morgan fingerprint density at radius 1 is 1.44 bits per heavy atom. The van der Waals surface area contributed by atoms with E-state index in [4.69, 9.17) is 9.47 Å². The van der Waals surface area contributed by atoms with Crippen molar-refractivity contribution < 1.29 is 14.3 Å². The lowest BCUT2D eigenvalue weighted by atomic mass is 9.82. The maximum absolute atomic E-state index is 11.3. The van der Waals surface area contributed by atoms with Crippen LogP contribution in [0.3, 0.4) is 0 Å². The summed E-state index contributed by atoms with van der Waals surface area (Å²) in [7, 11) is 0. The first kappa shape index (κ1) is 10.9. The van der Waals surface area contributed by atoms with Gasteiger partial charge in [0.05, 0.1) is 12.5 Å². The zero-order chi connectivity index (χ0) is 11.4. The van der Waals surface area contributed by atoms with Crippen LogP contribution in [0, 0.1) is 5.92 Å². The van der Waals surface area contributed by atoms with Crippen molar-refractivity contribution in [3.63, 3.8) is 0 Å². The van der Waals surface area contributed by atoms with Crippen LogP contribution in [0.4, 0.5) is 0 Å². The Labute approximate surface area is 94.6 Å². The van der Waals surface area contributed by atoms with E-state index in [-0.39, 0.29) is 18.0 Å². The van der Waals surface area contributed by atoms with Crippen LogP contribution < -0.4 is 4.74 Å². The van der Waals surface area contributed by atoms with Gasteiger partial charge in [-0.2, -0.15) is 0 Å². The van der Waals surface area contributed by atoms with Crippen molar-refractivity contribution >= 4 is 5.97 Å². The summed E-state index contributed by atoms with van der Waals surface area (Å²) in [4.78, 5) is 15.2. The molecule has 16 heavy (non-hydrogen) atoms.